The van der Waals surface area contributed by atoms with Crippen molar-refractivity contribution in [2.45, 2.75) is 46.1 Å². The first-order chi connectivity index (χ1) is 21.7. The number of hydrogen-bond acceptors (Lipinski definition) is 8. The third-order valence-electron chi connectivity index (χ3n) is 7.44. The molecule has 0 saturated carbocycles. The van der Waals surface area contributed by atoms with Gasteiger partial charge in [-0.15, -0.1) is 0 Å². The molecule has 2 N–H and O–H groups in total. The number of nitrogens with zero attached hydrogens (tertiary/aromatic N) is 1. The number of nitrogens with two attached hydrogens (primary N) is 1. The number of aryl methyl sites for hydroxylation is 1. The van der Waals surface area contributed by atoms with Crippen molar-refractivity contribution in [2.75, 3.05) is 13.2 Å². The van der Waals surface area contributed by atoms with Crippen LogP contribution in [0.25, 0.3) is 0 Å². The van der Waals surface area contributed by atoms with E-state index in [4.69, 9.17) is 29.4 Å². The van der Waals surface area contributed by atoms with E-state index in [-0.39, 0.29) is 23.8 Å². The largest absolute Gasteiger partial charge is 0.490 e. The van der Waals surface area contributed by atoms with E-state index in [0.29, 0.717) is 47.7 Å². The van der Waals surface area contributed by atoms with E-state index >= 15 is 0 Å². The van der Waals surface area contributed by atoms with Crippen LogP contribution < -0.4 is 29.4 Å². The number of carbonyl (C=O) groups is 1. The monoisotopic (exact) mass is 604 g/mol. The van der Waals surface area contributed by atoms with E-state index in [1.165, 1.54) is 11.1 Å². The van der Waals surface area contributed by atoms with Gasteiger partial charge in [-0.3, -0.25) is 0 Å². The quantitative estimate of drug-likeness (QED) is 0.140. The summed E-state index contributed by atoms with van der Waals surface area (Å²) in [6.07, 6.45) is 0. The van der Waals surface area contributed by atoms with Crippen molar-refractivity contribution in [2.24, 2.45) is 5.73 Å². The molecule has 1 atom stereocenters. The maximum Gasteiger partial charge on any atom is 0.349 e. The van der Waals surface area contributed by atoms with Crippen LogP contribution in [0.1, 0.15) is 60.4 Å². The number of carbonyl (C=O) groups excluding carboxylic acids is 1. The van der Waals surface area contributed by atoms with Crippen molar-refractivity contribution in [3.63, 3.8) is 0 Å². The Morgan fingerprint density at radius 1 is 0.911 bits per heavy atom. The zero-order valence-corrected chi connectivity index (χ0v) is 25.8. The second-order valence-corrected chi connectivity index (χ2v) is 11.0. The predicted octanol–water partition coefficient (Wildman–Crippen LogP) is 7.30. The number of benzene rings is 4. The minimum atomic E-state index is -0.570. The topological polar surface area (TPSA) is 113 Å². The molecule has 4 aromatic rings. The molecule has 0 saturated heterocycles. The highest BCUT2D eigenvalue weighted by Crippen LogP contribution is 2.45. The number of hydrogen-bond donors (Lipinski definition) is 1. The molecule has 0 spiro atoms. The fraction of sp³-hybridized carbons (Fsp3) is 0.243. The summed E-state index contributed by atoms with van der Waals surface area (Å²) >= 11 is 0. The van der Waals surface area contributed by atoms with E-state index < -0.39 is 11.9 Å². The van der Waals surface area contributed by atoms with Gasteiger partial charge in [0.15, 0.2) is 18.1 Å². The zero-order chi connectivity index (χ0) is 31.9. The van der Waals surface area contributed by atoms with Crippen molar-refractivity contribution in [3.8, 4) is 34.8 Å². The van der Waals surface area contributed by atoms with Gasteiger partial charge in [-0.2, -0.15) is 5.26 Å². The standard InChI is InChI=1S/C37H36N2O6/c1-5-41-34-18-27(12-17-32(34)43-21-25-8-6-24(4)7-9-25)36-30-16-15-29(19-33(30)45-37(39)31(36)20-38)44-35(40)22-42-28-13-10-26(11-14-28)23(2)3/h6-19,23,36H,5,21-22,39H2,1-4H3. The van der Waals surface area contributed by atoms with E-state index in [1.807, 2.05) is 80.6 Å². The Kier molecular flexibility index (Phi) is 9.59. The van der Waals surface area contributed by atoms with E-state index in [0.717, 1.165) is 11.1 Å². The number of esters is 1. The number of ether oxygens (including phenoxy) is 5. The van der Waals surface area contributed by atoms with Crippen molar-refractivity contribution < 1.29 is 28.5 Å². The third kappa shape index (κ3) is 7.39. The fourth-order valence-corrected chi connectivity index (χ4v) is 5.03. The minimum Gasteiger partial charge on any atom is -0.490 e. The lowest BCUT2D eigenvalue weighted by Gasteiger charge is -2.27. The number of allylic oxidation sites excluding steroid dienone is 1. The molecule has 8 heteroatoms. The van der Waals surface area contributed by atoms with Crippen LogP contribution in [-0.4, -0.2) is 19.2 Å². The summed E-state index contributed by atoms with van der Waals surface area (Å²) < 4.78 is 29.0. The molecule has 0 radical (unpaired) electrons. The summed E-state index contributed by atoms with van der Waals surface area (Å²) in [6, 6.07) is 28.5. The molecule has 0 amide bonds. The van der Waals surface area contributed by atoms with E-state index in [1.54, 1.807) is 18.2 Å². The lowest BCUT2D eigenvalue weighted by Crippen LogP contribution is -2.22. The Balaban J connectivity index is 1.34. The number of rotatable bonds is 11. The summed E-state index contributed by atoms with van der Waals surface area (Å²) in [7, 11) is 0. The van der Waals surface area contributed by atoms with Crippen LogP contribution in [0.2, 0.25) is 0 Å². The summed E-state index contributed by atoms with van der Waals surface area (Å²) in [5, 5.41) is 10.0. The highest BCUT2D eigenvalue weighted by atomic mass is 16.6. The maximum absolute atomic E-state index is 12.6. The van der Waals surface area contributed by atoms with E-state index in [2.05, 4.69) is 19.9 Å². The van der Waals surface area contributed by atoms with Gasteiger partial charge in [0.05, 0.1) is 12.5 Å². The molecule has 0 bridgehead atoms. The zero-order valence-electron chi connectivity index (χ0n) is 25.8. The van der Waals surface area contributed by atoms with Crippen molar-refractivity contribution >= 4 is 5.97 Å². The van der Waals surface area contributed by atoms with Crippen LogP contribution in [0.3, 0.4) is 0 Å². The Morgan fingerprint density at radius 2 is 1.64 bits per heavy atom. The van der Waals surface area contributed by atoms with Crippen LogP contribution in [0.5, 0.6) is 28.7 Å². The van der Waals surface area contributed by atoms with Crippen LogP contribution >= 0.6 is 0 Å². The summed E-state index contributed by atoms with van der Waals surface area (Å²) in [5.41, 5.74) is 11.4. The molecule has 0 aliphatic carbocycles. The van der Waals surface area contributed by atoms with Gasteiger partial charge < -0.3 is 29.4 Å². The average molecular weight is 605 g/mol. The average Bonchev–Trinajstić information content (AvgIpc) is 3.03. The SMILES string of the molecule is CCOc1cc(C2C(C#N)=C(N)Oc3cc(OC(=O)COc4ccc(C(C)C)cc4)ccc32)ccc1OCc1ccc(C)cc1. The van der Waals surface area contributed by atoms with Gasteiger partial charge in [0, 0.05) is 11.6 Å². The van der Waals surface area contributed by atoms with Gasteiger partial charge in [0.25, 0.3) is 0 Å². The van der Waals surface area contributed by atoms with Gasteiger partial charge in [-0.25, -0.2) is 4.79 Å². The first-order valence-corrected chi connectivity index (χ1v) is 14.9. The molecule has 1 unspecified atom stereocenters. The van der Waals surface area contributed by atoms with Gasteiger partial charge in [-0.1, -0.05) is 67.9 Å². The Labute approximate surface area is 263 Å². The summed E-state index contributed by atoms with van der Waals surface area (Å²) in [4.78, 5) is 12.6. The third-order valence-corrected chi connectivity index (χ3v) is 7.44. The fourth-order valence-electron chi connectivity index (χ4n) is 5.03. The van der Waals surface area contributed by atoms with Crippen molar-refractivity contribution in [1.82, 2.24) is 0 Å². The van der Waals surface area contributed by atoms with Crippen LogP contribution in [0.15, 0.2) is 96.4 Å². The van der Waals surface area contributed by atoms with Crippen LogP contribution in [0, 0.1) is 18.3 Å². The lowest BCUT2D eigenvalue weighted by molar-refractivity contribution is -0.136. The second kappa shape index (κ2) is 13.9. The highest BCUT2D eigenvalue weighted by Gasteiger charge is 2.32. The lowest BCUT2D eigenvalue weighted by atomic mass is 9.83. The van der Waals surface area contributed by atoms with Crippen molar-refractivity contribution in [3.05, 3.63) is 124 Å². The van der Waals surface area contributed by atoms with Gasteiger partial charge >= 0.3 is 5.97 Å². The summed E-state index contributed by atoms with van der Waals surface area (Å²) in [6.45, 7) is 8.71. The smallest absolute Gasteiger partial charge is 0.349 e. The Bertz CT molecular complexity index is 1740. The van der Waals surface area contributed by atoms with Crippen molar-refractivity contribution in [1.29, 1.82) is 5.26 Å². The molecule has 0 fully saturated rings. The molecule has 4 aromatic carbocycles. The number of nitriles is 1. The molecule has 1 aliphatic heterocycles. The maximum atomic E-state index is 12.6. The molecular formula is C37H36N2O6. The van der Waals surface area contributed by atoms with Crippen LogP contribution in [-0.2, 0) is 11.4 Å². The van der Waals surface area contributed by atoms with Gasteiger partial charge in [0.2, 0.25) is 5.88 Å². The number of fused-ring (bicyclic) bond motifs is 1. The van der Waals surface area contributed by atoms with E-state index in [9.17, 15) is 10.1 Å². The minimum absolute atomic E-state index is 0.0238. The summed E-state index contributed by atoms with van der Waals surface area (Å²) in [5.74, 6) is 1.63. The van der Waals surface area contributed by atoms with Gasteiger partial charge in [-0.05, 0) is 66.8 Å². The molecule has 1 aliphatic rings. The molecule has 8 nitrogen and oxygen atoms in total. The molecule has 0 aromatic heterocycles. The highest BCUT2D eigenvalue weighted by molar-refractivity contribution is 5.74. The van der Waals surface area contributed by atoms with Gasteiger partial charge in [0.1, 0.15) is 35.5 Å². The predicted molar refractivity (Wildman–Crippen MR) is 171 cm³/mol. The van der Waals surface area contributed by atoms with Crippen LogP contribution in [0.4, 0.5) is 0 Å². The molecule has 1 heterocycles. The molecule has 45 heavy (non-hydrogen) atoms. The Hall–Kier alpha value is -5.42. The normalized spacial score (nSPS) is 13.8. The molecule has 230 valence electrons. The molecular weight excluding hydrogens is 568 g/mol. The first kappa shape index (κ1) is 31.0. The Morgan fingerprint density at radius 3 is 2.33 bits per heavy atom. The first-order valence-electron chi connectivity index (χ1n) is 14.9. The second-order valence-electron chi connectivity index (χ2n) is 11.0. The molecule has 5 rings (SSSR count).